The van der Waals surface area contributed by atoms with Crippen LogP contribution in [0.3, 0.4) is 0 Å². The Bertz CT molecular complexity index is 2840. The number of nitro benzene ring substituents is 1. The predicted molar refractivity (Wildman–Crippen MR) is 264 cm³/mol. The van der Waals surface area contributed by atoms with E-state index in [-0.39, 0.29) is 63.0 Å². The second-order valence-corrected chi connectivity index (χ2v) is 22.7. The van der Waals surface area contributed by atoms with Crippen molar-refractivity contribution in [1.82, 2.24) is 19.6 Å². The Kier molecular flexibility index (Phi) is 13.2. The number of rotatable bonds is 14. The smallest absolute Gasteiger partial charge is 0.293 e. The quantitative estimate of drug-likeness (QED) is 0.0609. The highest BCUT2D eigenvalue weighted by atomic mass is 32.2. The van der Waals surface area contributed by atoms with Crippen molar-refractivity contribution in [2.24, 2.45) is 11.3 Å². The van der Waals surface area contributed by atoms with Gasteiger partial charge in [0.1, 0.15) is 22.9 Å². The first-order valence-electron chi connectivity index (χ1n) is 24.3. The number of hydrogen-bond acceptors (Lipinski definition) is 12. The van der Waals surface area contributed by atoms with Gasteiger partial charge in [-0.1, -0.05) is 51.5 Å². The number of halogens is 1. The van der Waals surface area contributed by atoms with Crippen molar-refractivity contribution in [3.8, 4) is 17.4 Å². The summed E-state index contributed by atoms with van der Waals surface area (Å²) in [5.74, 6) is -0.892. The van der Waals surface area contributed by atoms with E-state index in [0.29, 0.717) is 31.3 Å². The molecule has 1 amide bonds. The molecule has 15 nitrogen and oxygen atoms in total. The van der Waals surface area contributed by atoms with Gasteiger partial charge in [0.05, 0.1) is 33.0 Å². The molecule has 3 aromatic carbocycles. The number of nitro groups is 1. The number of pyridine rings is 1. The fraction of sp³-hybridized carbons (Fsp3) is 0.500. The number of aromatic nitrogens is 2. The summed E-state index contributed by atoms with van der Waals surface area (Å²) in [6.45, 7) is 14.7. The standard InChI is InChI=1S/C52H64FN7O8S/c1-6-67-49-46(28-39-41(53)30-55-47(39)56-49)68-45-26-34(58-24-22-52(23-25-58)31-59(32-52)43-13-9-11-37(43)36-10-7-8-12-40(36)50(2,3)4)14-16-38(45)48(61)57-69(65,66)35-15-17-42(44(27-35)60(63)64)54-29-33-18-20-51(5,62)21-19-33/h7-8,10,12,14-17,26-28,30,33,37,43,54,62H,6,9,11,13,18-25,29,31-32H2,1-5H3,(H,55,56)(H,57,61)/t33?,37-,43-,51?/m0/s1. The van der Waals surface area contributed by atoms with Crippen molar-refractivity contribution in [2.75, 3.05) is 49.5 Å². The molecule has 2 aliphatic heterocycles. The Morgan fingerprint density at radius 1 is 1.00 bits per heavy atom. The summed E-state index contributed by atoms with van der Waals surface area (Å²) in [6, 6.07) is 19.3. The number of amides is 1. The van der Waals surface area contributed by atoms with E-state index in [1.54, 1.807) is 26.0 Å². The maximum atomic E-state index is 14.9. The number of benzene rings is 3. The van der Waals surface area contributed by atoms with Gasteiger partial charge in [0.2, 0.25) is 0 Å². The minimum Gasteiger partial charge on any atom is -0.475 e. The third kappa shape index (κ3) is 10.1. The first-order chi connectivity index (χ1) is 32.8. The van der Waals surface area contributed by atoms with Crippen LogP contribution in [0.15, 0.2) is 77.8 Å². The number of ether oxygens (including phenoxy) is 2. The molecule has 17 heteroatoms. The molecule has 9 rings (SSSR count). The lowest BCUT2D eigenvalue weighted by molar-refractivity contribution is -0.384. The number of carbonyl (C=O) groups excluding carboxylic acids is 1. The van der Waals surface area contributed by atoms with E-state index in [9.17, 15) is 32.8 Å². The van der Waals surface area contributed by atoms with Crippen LogP contribution in [0.4, 0.5) is 21.5 Å². The number of aromatic amines is 1. The number of hydrogen-bond donors (Lipinski definition) is 4. The SMILES string of the molecule is CCOc1nc2[nH]cc(F)c2cc1Oc1cc(N2CCC3(CC2)CN([C@H]2CCC[C@H]2c2ccccc2C(C)(C)C)C3)ccc1C(=O)NS(=O)(=O)c1ccc(NCC2CCC(C)(O)CC2)c([N+](=O)[O-])c1. The Hall–Kier alpha value is -5.78. The van der Waals surface area contributed by atoms with Crippen LogP contribution >= 0.6 is 0 Å². The van der Waals surface area contributed by atoms with Crippen LogP contribution in [0.1, 0.15) is 120 Å². The normalized spacial score (nSPS) is 22.9. The third-order valence-electron chi connectivity index (χ3n) is 15.1. The van der Waals surface area contributed by atoms with Gasteiger partial charge >= 0.3 is 0 Å². The minimum absolute atomic E-state index is 0.0109. The molecular weight excluding hydrogens is 902 g/mol. The van der Waals surface area contributed by atoms with Gasteiger partial charge in [-0.25, -0.2) is 17.5 Å². The summed E-state index contributed by atoms with van der Waals surface area (Å²) >= 11 is 0. The topological polar surface area (TPSA) is 192 Å². The van der Waals surface area contributed by atoms with Gasteiger partial charge in [0.25, 0.3) is 27.5 Å². The second-order valence-electron chi connectivity index (χ2n) is 21.1. The number of H-pyrrole nitrogens is 1. The molecule has 4 N–H and O–H groups in total. The van der Waals surface area contributed by atoms with Gasteiger partial charge in [-0.05, 0) is 123 Å². The van der Waals surface area contributed by atoms with Gasteiger partial charge in [-0.15, -0.1) is 0 Å². The lowest BCUT2D eigenvalue weighted by atomic mass is 9.70. The second kappa shape index (κ2) is 18.9. The largest absolute Gasteiger partial charge is 0.475 e. The van der Waals surface area contributed by atoms with Gasteiger partial charge in [0, 0.05) is 68.8 Å². The summed E-state index contributed by atoms with van der Waals surface area (Å²) in [5, 5.41) is 25.8. The molecule has 368 valence electrons. The van der Waals surface area contributed by atoms with E-state index >= 15 is 0 Å². The zero-order valence-electron chi connectivity index (χ0n) is 40.1. The van der Waals surface area contributed by atoms with Crippen LogP contribution in [-0.2, 0) is 15.4 Å². The van der Waals surface area contributed by atoms with Gasteiger partial charge in [-0.3, -0.25) is 19.8 Å². The number of aliphatic hydroxyl groups is 1. The molecule has 4 aliphatic rings. The van der Waals surface area contributed by atoms with E-state index in [0.717, 1.165) is 63.6 Å². The molecule has 5 aromatic rings. The molecule has 1 spiro atoms. The Balaban J connectivity index is 0.934. The van der Waals surface area contributed by atoms with E-state index in [4.69, 9.17) is 9.47 Å². The van der Waals surface area contributed by atoms with Crippen molar-refractivity contribution < 1.29 is 37.1 Å². The van der Waals surface area contributed by atoms with Crippen molar-refractivity contribution in [3.05, 3.63) is 106 Å². The van der Waals surface area contributed by atoms with Crippen molar-refractivity contribution in [1.29, 1.82) is 0 Å². The number of anilines is 2. The van der Waals surface area contributed by atoms with E-state index in [1.165, 1.54) is 60.9 Å². The first kappa shape index (κ1) is 48.3. The highest BCUT2D eigenvalue weighted by Crippen LogP contribution is 2.49. The third-order valence-corrected chi connectivity index (χ3v) is 16.4. The molecule has 2 saturated carbocycles. The van der Waals surface area contributed by atoms with Crippen molar-refractivity contribution >= 4 is 44.0 Å². The average Bonchev–Trinajstić information content (AvgIpc) is 3.93. The molecule has 4 heterocycles. The lowest BCUT2D eigenvalue weighted by Crippen LogP contribution is -2.63. The van der Waals surface area contributed by atoms with Crippen LogP contribution in [-0.4, -0.2) is 90.2 Å². The fourth-order valence-electron chi connectivity index (χ4n) is 11.2. The highest BCUT2D eigenvalue weighted by molar-refractivity contribution is 7.90. The number of nitrogens with zero attached hydrogens (tertiary/aromatic N) is 4. The summed E-state index contributed by atoms with van der Waals surface area (Å²) in [5.41, 5.74) is 2.99. The summed E-state index contributed by atoms with van der Waals surface area (Å²) in [6.07, 6.45) is 9.48. The molecule has 0 unspecified atom stereocenters. The Morgan fingerprint density at radius 2 is 1.74 bits per heavy atom. The molecular formula is C52H64FN7O8S. The maximum absolute atomic E-state index is 14.9. The molecule has 2 atom stereocenters. The zero-order valence-corrected chi connectivity index (χ0v) is 41.0. The Morgan fingerprint density at radius 3 is 2.45 bits per heavy atom. The number of fused-ring (bicyclic) bond motifs is 1. The van der Waals surface area contributed by atoms with Crippen molar-refractivity contribution in [3.63, 3.8) is 0 Å². The van der Waals surface area contributed by atoms with Crippen LogP contribution in [0.25, 0.3) is 11.0 Å². The molecule has 4 fully saturated rings. The summed E-state index contributed by atoms with van der Waals surface area (Å²) in [7, 11) is -4.66. The number of nitrogens with one attached hydrogen (secondary N) is 3. The number of likely N-dealkylation sites (tertiary alicyclic amines) is 1. The molecule has 0 radical (unpaired) electrons. The molecule has 0 bridgehead atoms. The lowest BCUT2D eigenvalue weighted by Gasteiger charge is -2.57. The van der Waals surface area contributed by atoms with E-state index < -0.39 is 42.9 Å². The van der Waals surface area contributed by atoms with Crippen LogP contribution in [0.2, 0.25) is 0 Å². The first-order valence-corrected chi connectivity index (χ1v) is 25.8. The van der Waals surface area contributed by atoms with Crippen molar-refractivity contribution in [2.45, 2.75) is 120 Å². The molecule has 2 saturated heterocycles. The zero-order chi connectivity index (χ0) is 48.9. The van der Waals surface area contributed by atoms with Crippen LogP contribution in [0.5, 0.6) is 17.4 Å². The number of carbonyl (C=O) groups is 1. The number of piperidine rings is 1. The maximum Gasteiger partial charge on any atom is 0.293 e. The van der Waals surface area contributed by atoms with E-state index in [2.05, 4.69) is 74.8 Å². The summed E-state index contributed by atoms with van der Waals surface area (Å²) < 4.78 is 56.9. The molecule has 2 aromatic heterocycles. The molecule has 2 aliphatic carbocycles. The highest BCUT2D eigenvalue weighted by Gasteiger charge is 2.49. The minimum atomic E-state index is -4.66. The summed E-state index contributed by atoms with van der Waals surface area (Å²) in [4.78, 5) is 37.4. The fourth-order valence-corrected chi connectivity index (χ4v) is 12.2. The van der Waals surface area contributed by atoms with Gasteiger partial charge < -0.3 is 29.8 Å². The molecule has 69 heavy (non-hydrogen) atoms. The predicted octanol–water partition coefficient (Wildman–Crippen LogP) is 9.81. The van der Waals surface area contributed by atoms with Gasteiger partial charge in [-0.2, -0.15) is 4.98 Å². The van der Waals surface area contributed by atoms with Crippen LogP contribution < -0.4 is 24.4 Å². The van der Waals surface area contributed by atoms with E-state index in [1.807, 2.05) is 0 Å². The monoisotopic (exact) mass is 965 g/mol. The number of sulfonamides is 1. The average molecular weight is 966 g/mol. The Labute approximate surface area is 403 Å². The van der Waals surface area contributed by atoms with Gasteiger partial charge in [0.15, 0.2) is 5.75 Å². The van der Waals surface area contributed by atoms with Crippen LogP contribution in [0, 0.1) is 27.3 Å².